The SMILES string of the molecule is CCC(CC)(NC(=O)N(C)C1CCCCC1O)C(=O)O. The Hall–Kier alpha value is -1.30. The van der Waals surface area contributed by atoms with Gasteiger partial charge in [-0.2, -0.15) is 0 Å². The molecule has 1 rings (SSSR count). The zero-order valence-electron chi connectivity index (χ0n) is 12.6. The first-order chi connectivity index (χ1) is 9.38. The van der Waals surface area contributed by atoms with Crippen molar-refractivity contribution >= 4 is 12.0 Å². The van der Waals surface area contributed by atoms with Gasteiger partial charge in [-0.15, -0.1) is 0 Å². The molecule has 2 atom stereocenters. The summed E-state index contributed by atoms with van der Waals surface area (Å²) in [5, 5.41) is 21.9. The van der Waals surface area contributed by atoms with Gasteiger partial charge in [-0.1, -0.05) is 26.7 Å². The van der Waals surface area contributed by atoms with E-state index in [2.05, 4.69) is 5.32 Å². The fraction of sp³-hybridized carbons (Fsp3) is 0.857. The van der Waals surface area contributed by atoms with E-state index in [1.165, 1.54) is 4.90 Å². The van der Waals surface area contributed by atoms with Crippen molar-refractivity contribution < 1.29 is 19.8 Å². The molecule has 1 saturated carbocycles. The number of nitrogens with zero attached hydrogens (tertiary/aromatic N) is 1. The summed E-state index contributed by atoms with van der Waals surface area (Å²) < 4.78 is 0. The summed E-state index contributed by atoms with van der Waals surface area (Å²) in [5.41, 5.74) is -1.23. The molecule has 0 bridgehead atoms. The smallest absolute Gasteiger partial charge is 0.329 e. The Morgan fingerprint density at radius 3 is 2.25 bits per heavy atom. The molecule has 116 valence electrons. The van der Waals surface area contributed by atoms with Crippen molar-refractivity contribution in [3.8, 4) is 0 Å². The second kappa shape index (κ2) is 6.92. The van der Waals surface area contributed by atoms with Crippen molar-refractivity contribution in [1.82, 2.24) is 10.2 Å². The number of rotatable bonds is 5. The lowest BCUT2D eigenvalue weighted by Crippen LogP contribution is -2.59. The van der Waals surface area contributed by atoms with Crippen LogP contribution in [0.25, 0.3) is 0 Å². The molecule has 1 aliphatic carbocycles. The molecule has 0 spiro atoms. The molecule has 0 heterocycles. The number of carbonyl (C=O) groups excluding carboxylic acids is 1. The third-order valence-electron chi connectivity index (χ3n) is 4.47. The lowest BCUT2D eigenvalue weighted by atomic mass is 9.91. The van der Waals surface area contributed by atoms with Gasteiger partial charge in [0.1, 0.15) is 5.54 Å². The highest BCUT2D eigenvalue weighted by Crippen LogP contribution is 2.23. The Morgan fingerprint density at radius 1 is 1.25 bits per heavy atom. The van der Waals surface area contributed by atoms with E-state index in [1.54, 1.807) is 20.9 Å². The molecule has 20 heavy (non-hydrogen) atoms. The minimum atomic E-state index is -1.23. The molecule has 6 heteroatoms. The van der Waals surface area contributed by atoms with E-state index >= 15 is 0 Å². The maximum absolute atomic E-state index is 12.3. The number of carboxylic acids is 1. The monoisotopic (exact) mass is 286 g/mol. The van der Waals surface area contributed by atoms with Gasteiger partial charge in [-0.05, 0) is 25.7 Å². The summed E-state index contributed by atoms with van der Waals surface area (Å²) in [4.78, 5) is 25.1. The molecule has 2 unspecified atom stereocenters. The maximum atomic E-state index is 12.3. The van der Waals surface area contributed by atoms with Gasteiger partial charge in [0, 0.05) is 7.05 Å². The van der Waals surface area contributed by atoms with Crippen molar-refractivity contribution in [3.05, 3.63) is 0 Å². The predicted molar refractivity (Wildman–Crippen MR) is 75.5 cm³/mol. The first-order valence-electron chi connectivity index (χ1n) is 7.34. The summed E-state index contributed by atoms with van der Waals surface area (Å²) in [6.07, 6.45) is 3.51. The molecular formula is C14H26N2O4. The standard InChI is InChI=1S/C14H26N2O4/c1-4-14(5-2,12(18)19)15-13(20)16(3)10-8-6-7-9-11(10)17/h10-11,17H,4-9H2,1-3H3,(H,15,20)(H,18,19). The number of likely N-dealkylation sites (N-methyl/N-ethyl adjacent to an activating group) is 1. The van der Waals surface area contributed by atoms with Gasteiger partial charge in [0.2, 0.25) is 0 Å². The predicted octanol–water partition coefficient (Wildman–Crippen LogP) is 1.57. The van der Waals surface area contributed by atoms with E-state index in [0.29, 0.717) is 19.3 Å². The van der Waals surface area contributed by atoms with Crippen LogP contribution in [-0.4, -0.2) is 51.8 Å². The Kier molecular flexibility index (Phi) is 5.80. The number of hydrogen-bond acceptors (Lipinski definition) is 3. The van der Waals surface area contributed by atoms with Gasteiger partial charge < -0.3 is 20.4 Å². The van der Waals surface area contributed by atoms with E-state index in [9.17, 15) is 19.8 Å². The zero-order chi connectivity index (χ0) is 15.3. The fourth-order valence-corrected chi connectivity index (χ4v) is 2.77. The first kappa shape index (κ1) is 16.8. The number of aliphatic hydroxyl groups is 1. The normalized spacial score (nSPS) is 23.2. The largest absolute Gasteiger partial charge is 0.480 e. The highest BCUT2D eigenvalue weighted by molar-refractivity contribution is 5.86. The number of hydrogen-bond donors (Lipinski definition) is 3. The average Bonchev–Trinajstić information content (AvgIpc) is 2.44. The van der Waals surface area contributed by atoms with Crippen molar-refractivity contribution in [2.24, 2.45) is 0 Å². The molecule has 6 nitrogen and oxygen atoms in total. The summed E-state index contributed by atoms with van der Waals surface area (Å²) in [6.45, 7) is 3.49. The Balaban J connectivity index is 2.75. The number of aliphatic carboxylic acids is 1. The highest BCUT2D eigenvalue weighted by Gasteiger charge is 2.39. The van der Waals surface area contributed by atoms with Crippen LogP contribution in [0.4, 0.5) is 4.79 Å². The van der Waals surface area contributed by atoms with Crippen LogP contribution in [-0.2, 0) is 4.79 Å². The van der Waals surface area contributed by atoms with Crippen LogP contribution >= 0.6 is 0 Å². The minimum absolute atomic E-state index is 0.232. The number of carbonyl (C=O) groups is 2. The number of carboxylic acid groups (broad SMARTS) is 1. The van der Waals surface area contributed by atoms with Gasteiger partial charge in [0.15, 0.2) is 0 Å². The summed E-state index contributed by atoms with van der Waals surface area (Å²) in [7, 11) is 1.62. The zero-order valence-corrected chi connectivity index (χ0v) is 12.6. The van der Waals surface area contributed by atoms with E-state index < -0.39 is 23.6 Å². The molecule has 0 saturated heterocycles. The van der Waals surface area contributed by atoms with Crippen molar-refractivity contribution in [1.29, 1.82) is 0 Å². The number of nitrogens with one attached hydrogen (secondary N) is 1. The second-order valence-corrected chi connectivity index (χ2v) is 5.55. The first-order valence-corrected chi connectivity index (χ1v) is 7.34. The average molecular weight is 286 g/mol. The lowest BCUT2D eigenvalue weighted by molar-refractivity contribution is -0.144. The number of urea groups is 1. The topological polar surface area (TPSA) is 89.9 Å². The molecule has 0 aromatic heterocycles. The molecule has 1 fully saturated rings. The molecule has 2 amide bonds. The van der Waals surface area contributed by atoms with Crippen LogP contribution in [0.2, 0.25) is 0 Å². The van der Waals surface area contributed by atoms with Crippen LogP contribution in [0.1, 0.15) is 52.4 Å². The summed E-state index contributed by atoms with van der Waals surface area (Å²) >= 11 is 0. The van der Waals surface area contributed by atoms with E-state index in [1.807, 2.05) is 0 Å². The van der Waals surface area contributed by atoms with E-state index in [0.717, 1.165) is 19.3 Å². The molecule has 0 aromatic carbocycles. The van der Waals surface area contributed by atoms with Gasteiger partial charge in [-0.3, -0.25) is 0 Å². The fourth-order valence-electron chi connectivity index (χ4n) is 2.77. The molecule has 1 aliphatic rings. The van der Waals surface area contributed by atoms with Crippen molar-refractivity contribution in [3.63, 3.8) is 0 Å². The Morgan fingerprint density at radius 2 is 1.80 bits per heavy atom. The van der Waals surface area contributed by atoms with E-state index in [4.69, 9.17) is 0 Å². The molecule has 0 aromatic rings. The Labute approximate surface area is 120 Å². The van der Waals surface area contributed by atoms with Crippen LogP contribution in [0.15, 0.2) is 0 Å². The molecular weight excluding hydrogens is 260 g/mol. The maximum Gasteiger partial charge on any atom is 0.329 e. The lowest BCUT2D eigenvalue weighted by Gasteiger charge is -2.37. The molecule has 0 aliphatic heterocycles. The van der Waals surface area contributed by atoms with Gasteiger partial charge in [0.25, 0.3) is 0 Å². The van der Waals surface area contributed by atoms with Crippen LogP contribution < -0.4 is 5.32 Å². The molecule has 3 N–H and O–H groups in total. The third-order valence-corrected chi connectivity index (χ3v) is 4.47. The van der Waals surface area contributed by atoms with Crippen LogP contribution in [0, 0.1) is 0 Å². The van der Waals surface area contributed by atoms with E-state index in [-0.39, 0.29) is 6.04 Å². The number of aliphatic hydroxyl groups excluding tert-OH is 1. The van der Waals surface area contributed by atoms with Gasteiger partial charge in [-0.25, -0.2) is 9.59 Å². The summed E-state index contributed by atoms with van der Waals surface area (Å²) in [5.74, 6) is -1.02. The van der Waals surface area contributed by atoms with Crippen molar-refractivity contribution in [2.45, 2.75) is 70.1 Å². The second-order valence-electron chi connectivity index (χ2n) is 5.55. The molecule has 0 radical (unpaired) electrons. The van der Waals surface area contributed by atoms with Gasteiger partial charge in [0.05, 0.1) is 12.1 Å². The van der Waals surface area contributed by atoms with Crippen molar-refractivity contribution in [2.75, 3.05) is 7.05 Å². The quantitative estimate of drug-likeness (QED) is 0.715. The van der Waals surface area contributed by atoms with Crippen LogP contribution in [0.3, 0.4) is 0 Å². The Bertz CT molecular complexity index is 355. The number of amides is 2. The highest BCUT2D eigenvalue weighted by atomic mass is 16.4. The minimum Gasteiger partial charge on any atom is -0.480 e. The van der Waals surface area contributed by atoms with Gasteiger partial charge >= 0.3 is 12.0 Å². The van der Waals surface area contributed by atoms with Crippen LogP contribution in [0.5, 0.6) is 0 Å². The third kappa shape index (κ3) is 3.42. The summed E-state index contributed by atoms with van der Waals surface area (Å²) in [6, 6.07) is -0.661.